The van der Waals surface area contributed by atoms with E-state index in [0.29, 0.717) is 5.56 Å². The first-order valence-corrected chi connectivity index (χ1v) is 7.19. The molecule has 114 valence electrons. The van der Waals surface area contributed by atoms with Crippen LogP contribution in [-0.4, -0.2) is 13.1 Å². The van der Waals surface area contributed by atoms with Crippen LogP contribution in [0.25, 0.3) is 11.1 Å². The highest BCUT2D eigenvalue weighted by Gasteiger charge is 2.05. The van der Waals surface area contributed by atoms with Crippen molar-refractivity contribution in [1.82, 2.24) is 0 Å². The van der Waals surface area contributed by atoms with Crippen molar-refractivity contribution >= 4 is 5.97 Å². The Hall–Kier alpha value is -2.42. The zero-order valence-electron chi connectivity index (χ0n) is 12.8. The van der Waals surface area contributed by atoms with Crippen molar-refractivity contribution in [2.75, 3.05) is 7.11 Å². The molecule has 0 spiro atoms. The minimum absolute atomic E-state index is 0.221. The van der Waals surface area contributed by atoms with Crippen LogP contribution in [0.15, 0.2) is 60.2 Å². The van der Waals surface area contributed by atoms with Gasteiger partial charge in [-0.25, -0.2) is 9.18 Å². The quantitative estimate of drug-likeness (QED) is 0.598. The molecule has 0 aromatic heterocycles. The molecular formula is C19H19FO2. The lowest BCUT2D eigenvalue weighted by Crippen LogP contribution is -1.97. The normalized spacial score (nSPS) is 11.3. The number of aryl methyl sites for hydroxylation is 1. The first kappa shape index (κ1) is 16.0. The molecule has 0 amide bonds. The summed E-state index contributed by atoms with van der Waals surface area (Å²) in [5.41, 5.74) is 3.54. The van der Waals surface area contributed by atoms with Crippen molar-refractivity contribution in [3.8, 4) is 11.1 Å². The second kappa shape index (κ2) is 7.55. The molecule has 0 aliphatic carbocycles. The smallest absolute Gasteiger partial charge is 0.330 e. The van der Waals surface area contributed by atoms with Crippen molar-refractivity contribution in [2.45, 2.75) is 19.8 Å². The monoisotopic (exact) mass is 298 g/mol. The van der Waals surface area contributed by atoms with Crippen molar-refractivity contribution in [3.63, 3.8) is 0 Å². The predicted molar refractivity (Wildman–Crippen MR) is 85.9 cm³/mol. The molecule has 2 rings (SSSR count). The summed E-state index contributed by atoms with van der Waals surface area (Å²) in [5, 5.41) is 0. The second-order valence-electron chi connectivity index (χ2n) is 5.19. The number of esters is 1. The summed E-state index contributed by atoms with van der Waals surface area (Å²) < 4.78 is 18.4. The van der Waals surface area contributed by atoms with E-state index in [0.717, 1.165) is 29.5 Å². The molecule has 3 heteroatoms. The summed E-state index contributed by atoms with van der Waals surface area (Å²) in [4.78, 5) is 11.2. The number of hydrogen-bond donors (Lipinski definition) is 0. The number of benzene rings is 2. The number of hydrogen-bond acceptors (Lipinski definition) is 2. The highest BCUT2D eigenvalue weighted by atomic mass is 19.1. The fourth-order valence-electron chi connectivity index (χ4n) is 2.26. The lowest BCUT2D eigenvalue weighted by atomic mass is 9.99. The predicted octanol–water partition coefficient (Wildman–Crippen LogP) is 4.54. The number of methoxy groups -OCH3 is 1. The Bertz CT molecular complexity index is 689. The summed E-state index contributed by atoms with van der Waals surface area (Å²) in [7, 11) is 1.37. The van der Waals surface area contributed by atoms with Crippen LogP contribution < -0.4 is 0 Å². The van der Waals surface area contributed by atoms with Gasteiger partial charge in [-0.15, -0.1) is 0 Å². The van der Waals surface area contributed by atoms with E-state index < -0.39 is 0 Å². The Morgan fingerprint density at radius 3 is 2.68 bits per heavy atom. The number of allylic oxidation sites excluding steroid dienone is 1. The van der Waals surface area contributed by atoms with Gasteiger partial charge < -0.3 is 4.74 Å². The highest BCUT2D eigenvalue weighted by Crippen LogP contribution is 2.24. The van der Waals surface area contributed by atoms with Crippen LogP contribution in [0.5, 0.6) is 0 Å². The molecule has 22 heavy (non-hydrogen) atoms. The number of ether oxygens (including phenoxy) is 1. The summed E-state index contributed by atoms with van der Waals surface area (Å²) in [6.45, 7) is 1.90. The van der Waals surface area contributed by atoms with E-state index in [4.69, 9.17) is 0 Å². The third-order valence-corrected chi connectivity index (χ3v) is 3.49. The van der Waals surface area contributed by atoms with Crippen LogP contribution >= 0.6 is 0 Å². The Morgan fingerprint density at radius 1 is 1.18 bits per heavy atom. The van der Waals surface area contributed by atoms with Crippen molar-refractivity contribution in [1.29, 1.82) is 0 Å². The van der Waals surface area contributed by atoms with Gasteiger partial charge in [0, 0.05) is 11.6 Å². The van der Waals surface area contributed by atoms with Crippen LogP contribution in [0.2, 0.25) is 0 Å². The second-order valence-corrected chi connectivity index (χ2v) is 5.19. The fourth-order valence-corrected chi connectivity index (χ4v) is 2.26. The van der Waals surface area contributed by atoms with E-state index >= 15 is 0 Å². The molecular weight excluding hydrogens is 279 g/mol. The summed E-state index contributed by atoms with van der Waals surface area (Å²) in [6.07, 6.45) is 3.05. The van der Waals surface area contributed by atoms with Gasteiger partial charge in [-0.3, -0.25) is 0 Å². The maximum absolute atomic E-state index is 13.8. The summed E-state index contributed by atoms with van der Waals surface area (Å²) in [5.74, 6) is -0.556. The summed E-state index contributed by atoms with van der Waals surface area (Å²) in [6, 6.07) is 14.6. The van der Waals surface area contributed by atoms with Gasteiger partial charge in [0.25, 0.3) is 0 Å². The first-order valence-electron chi connectivity index (χ1n) is 7.19. The molecule has 2 nitrogen and oxygen atoms in total. The molecule has 2 aromatic rings. The Labute approximate surface area is 130 Å². The molecule has 0 radical (unpaired) electrons. The lowest BCUT2D eigenvalue weighted by molar-refractivity contribution is -0.134. The van der Waals surface area contributed by atoms with E-state index in [1.807, 2.05) is 37.3 Å². The first-order chi connectivity index (χ1) is 10.6. The maximum atomic E-state index is 13.8. The number of halogens is 1. The van der Waals surface area contributed by atoms with Crippen LogP contribution in [-0.2, 0) is 16.0 Å². The molecule has 0 unspecified atom stereocenters. The fraction of sp³-hybridized carbons (Fsp3) is 0.211. The third-order valence-electron chi connectivity index (χ3n) is 3.49. The molecule has 0 saturated heterocycles. The van der Waals surface area contributed by atoms with Gasteiger partial charge in [0.2, 0.25) is 0 Å². The van der Waals surface area contributed by atoms with E-state index in [-0.39, 0.29) is 11.8 Å². The molecule has 0 bridgehead atoms. The van der Waals surface area contributed by atoms with Gasteiger partial charge in [-0.1, -0.05) is 48.0 Å². The maximum Gasteiger partial charge on any atom is 0.330 e. The zero-order valence-corrected chi connectivity index (χ0v) is 12.8. The summed E-state index contributed by atoms with van der Waals surface area (Å²) >= 11 is 0. The van der Waals surface area contributed by atoms with Crippen LogP contribution in [0, 0.1) is 5.82 Å². The lowest BCUT2D eigenvalue weighted by Gasteiger charge is -2.07. The average molecular weight is 298 g/mol. The average Bonchev–Trinajstić information content (AvgIpc) is 2.53. The van der Waals surface area contributed by atoms with Gasteiger partial charge >= 0.3 is 5.97 Å². The Morgan fingerprint density at radius 2 is 1.95 bits per heavy atom. The van der Waals surface area contributed by atoms with Gasteiger partial charge in [0.05, 0.1) is 7.11 Å². The van der Waals surface area contributed by atoms with E-state index in [1.165, 1.54) is 19.3 Å². The van der Waals surface area contributed by atoms with Crippen molar-refractivity contribution < 1.29 is 13.9 Å². The van der Waals surface area contributed by atoms with Gasteiger partial charge in [0.15, 0.2) is 0 Å². The molecule has 0 aliphatic rings. The number of carbonyl (C=O) groups is 1. The molecule has 0 N–H and O–H groups in total. The number of carbonyl (C=O) groups excluding carboxylic acids is 1. The van der Waals surface area contributed by atoms with Crippen LogP contribution in [0.1, 0.15) is 18.9 Å². The largest absolute Gasteiger partial charge is 0.466 e. The molecule has 0 saturated carbocycles. The van der Waals surface area contributed by atoms with Crippen molar-refractivity contribution in [2.24, 2.45) is 0 Å². The minimum Gasteiger partial charge on any atom is -0.466 e. The Balaban J connectivity index is 2.11. The topological polar surface area (TPSA) is 26.3 Å². The van der Waals surface area contributed by atoms with Crippen LogP contribution in [0.3, 0.4) is 0 Å². The van der Waals surface area contributed by atoms with Crippen molar-refractivity contribution in [3.05, 3.63) is 71.6 Å². The molecule has 0 heterocycles. The van der Waals surface area contributed by atoms with Gasteiger partial charge in [0.1, 0.15) is 5.82 Å². The van der Waals surface area contributed by atoms with E-state index in [9.17, 15) is 9.18 Å². The van der Waals surface area contributed by atoms with Gasteiger partial charge in [-0.2, -0.15) is 0 Å². The van der Waals surface area contributed by atoms with E-state index in [2.05, 4.69) is 4.74 Å². The number of rotatable bonds is 5. The molecule has 2 aromatic carbocycles. The molecule has 0 fully saturated rings. The SMILES string of the molecule is COC(=O)/C=C(\C)CCc1cccc(-c2ccccc2F)c1. The highest BCUT2D eigenvalue weighted by molar-refractivity contribution is 5.82. The molecule has 0 atom stereocenters. The van der Waals surface area contributed by atoms with Crippen LogP contribution in [0.4, 0.5) is 4.39 Å². The Kier molecular flexibility index (Phi) is 5.48. The minimum atomic E-state index is -0.336. The standard InChI is InChI=1S/C19H19FO2/c1-14(12-19(21)22-2)10-11-15-6-5-7-16(13-15)17-8-3-4-9-18(17)20/h3-9,12-13H,10-11H2,1-2H3/b14-12+. The third kappa shape index (κ3) is 4.29. The molecule has 0 aliphatic heterocycles. The zero-order chi connectivity index (χ0) is 15.9. The van der Waals surface area contributed by atoms with E-state index in [1.54, 1.807) is 12.1 Å². The van der Waals surface area contributed by atoms with Gasteiger partial charge in [-0.05, 0) is 37.0 Å².